The quantitative estimate of drug-likeness (QED) is 0.884. The van der Waals surface area contributed by atoms with Crippen LogP contribution in [-0.2, 0) is 7.05 Å². The molecule has 0 bridgehead atoms. The van der Waals surface area contributed by atoms with Gasteiger partial charge in [0, 0.05) is 24.4 Å². The maximum atomic E-state index is 11.6. The van der Waals surface area contributed by atoms with Crippen LogP contribution >= 0.6 is 0 Å². The first-order valence-corrected chi connectivity index (χ1v) is 8.45. The first kappa shape index (κ1) is 18.0. The van der Waals surface area contributed by atoms with Gasteiger partial charge in [0.25, 0.3) is 0 Å². The number of benzene rings is 1. The van der Waals surface area contributed by atoms with Crippen molar-refractivity contribution in [2.24, 2.45) is 7.05 Å². The molecule has 27 heavy (non-hydrogen) atoms. The summed E-state index contributed by atoms with van der Waals surface area (Å²) in [4.78, 5) is 11.6. The van der Waals surface area contributed by atoms with Gasteiger partial charge >= 0.3 is 5.97 Å². The van der Waals surface area contributed by atoms with Gasteiger partial charge in [0.1, 0.15) is 23.3 Å². The zero-order chi connectivity index (χ0) is 19.4. The summed E-state index contributed by atoms with van der Waals surface area (Å²) in [6, 6.07) is 11.1. The maximum Gasteiger partial charge on any atom is 0.353 e. The van der Waals surface area contributed by atoms with Gasteiger partial charge in [-0.1, -0.05) is 12.1 Å². The summed E-state index contributed by atoms with van der Waals surface area (Å²) < 4.78 is 7.28. The third kappa shape index (κ3) is 3.75. The van der Waals surface area contributed by atoms with E-state index in [0.717, 1.165) is 19.3 Å². The molecule has 0 radical (unpaired) electrons. The molecule has 0 unspecified atom stereocenters. The van der Waals surface area contributed by atoms with Gasteiger partial charge in [-0.3, -0.25) is 0 Å². The topological polar surface area (TPSA) is 99.0 Å². The highest BCUT2D eigenvalue weighted by Crippen LogP contribution is 2.31. The number of hydrogen-bond donors (Lipinski definition) is 1. The molecule has 1 aromatic heterocycles. The summed E-state index contributed by atoms with van der Waals surface area (Å²) in [6.07, 6.45) is 7.69. The predicted octanol–water partition coefficient (Wildman–Crippen LogP) is 4.16. The minimum absolute atomic E-state index is 0.0632. The van der Waals surface area contributed by atoms with Gasteiger partial charge in [-0.05, 0) is 49.1 Å². The number of allylic oxidation sites excluding steroid dienone is 3. The molecule has 6 heteroatoms. The number of ether oxygens (including phenoxy) is 1. The summed E-state index contributed by atoms with van der Waals surface area (Å²) >= 11 is 0. The molecular weight excluding hydrogens is 342 g/mol. The van der Waals surface area contributed by atoms with Gasteiger partial charge in [-0.25, -0.2) is 4.79 Å². The van der Waals surface area contributed by atoms with Crippen molar-refractivity contribution in [2.45, 2.75) is 19.3 Å². The highest BCUT2D eigenvalue weighted by molar-refractivity contribution is 5.96. The number of aromatic nitrogens is 1. The molecule has 1 aliphatic rings. The number of carboxylic acid groups (broad SMARTS) is 1. The van der Waals surface area contributed by atoms with E-state index < -0.39 is 5.97 Å². The van der Waals surface area contributed by atoms with E-state index in [9.17, 15) is 15.2 Å². The summed E-state index contributed by atoms with van der Waals surface area (Å²) in [5.41, 5.74) is 2.06. The third-order valence-electron chi connectivity index (χ3n) is 4.34. The summed E-state index contributed by atoms with van der Waals surface area (Å²) in [5.74, 6) is 0.110. The Balaban J connectivity index is 1.91. The number of nitrogens with zero attached hydrogens (tertiary/aromatic N) is 3. The average Bonchev–Trinajstić information content (AvgIpc) is 2.84. The molecule has 2 aromatic rings. The molecule has 6 nitrogen and oxygen atoms in total. The molecular formula is C21H17N3O3. The summed E-state index contributed by atoms with van der Waals surface area (Å²) in [7, 11) is 1.60. The lowest BCUT2D eigenvalue weighted by atomic mass is 10.0. The molecule has 0 saturated carbocycles. The van der Waals surface area contributed by atoms with Crippen LogP contribution < -0.4 is 4.74 Å². The Kier molecular flexibility index (Phi) is 5.10. The van der Waals surface area contributed by atoms with Gasteiger partial charge in [0.2, 0.25) is 0 Å². The zero-order valence-corrected chi connectivity index (χ0v) is 14.8. The number of rotatable bonds is 4. The van der Waals surface area contributed by atoms with E-state index in [0.29, 0.717) is 33.8 Å². The third-order valence-corrected chi connectivity index (χ3v) is 4.34. The van der Waals surface area contributed by atoms with E-state index in [1.807, 2.05) is 12.1 Å². The first-order chi connectivity index (χ1) is 13.0. The van der Waals surface area contributed by atoms with Crippen LogP contribution in [0.4, 0.5) is 0 Å². The van der Waals surface area contributed by atoms with Crippen LogP contribution in [0.1, 0.15) is 35.3 Å². The van der Waals surface area contributed by atoms with Crippen LogP contribution in [0.15, 0.2) is 53.9 Å². The molecule has 3 rings (SSSR count). The number of aryl methyl sites for hydroxylation is 1. The molecule has 0 fully saturated rings. The van der Waals surface area contributed by atoms with E-state index in [1.54, 1.807) is 37.4 Å². The van der Waals surface area contributed by atoms with Crippen molar-refractivity contribution in [1.29, 1.82) is 10.5 Å². The van der Waals surface area contributed by atoms with Gasteiger partial charge in [0.15, 0.2) is 0 Å². The molecule has 0 spiro atoms. The largest absolute Gasteiger partial charge is 0.477 e. The van der Waals surface area contributed by atoms with Crippen LogP contribution in [0.5, 0.6) is 5.75 Å². The van der Waals surface area contributed by atoms with Crippen LogP contribution in [0.3, 0.4) is 0 Å². The van der Waals surface area contributed by atoms with Crippen LogP contribution in [0.25, 0.3) is 11.1 Å². The Labute approximate surface area is 156 Å². The minimum atomic E-state index is -1.09. The second-order valence-corrected chi connectivity index (χ2v) is 6.20. The lowest BCUT2D eigenvalue weighted by Gasteiger charge is -2.08. The molecule has 0 saturated heterocycles. The van der Waals surface area contributed by atoms with E-state index in [4.69, 9.17) is 10.00 Å². The van der Waals surface area contributed by atoms with Gasteiger partial charge in [-0.15, -0.1) is 0 Å². The molecule has 134 valence electrons. The number of carbonyl (C=O) groups is 1. The molecule has 0 atom stereocenters. The number of hydrogen-bond acceptors (Lipinski definition) is 4. The highest BCUT2D eigenvalue weighted by Gasteiger charge is 2.21. The Hall–Kier alpha value is -3.77. The van der Waals surface area contributed by atoms with Crippen LogP contribution in [0, 0.1) is 22.7 Å². The number of carboxylic acids is 1. The highest BCUT2D eigenvalue weighted by atomic mass is 16.5. The minimum Gasteiger partial charge on any atom is -0.477 e. The monoisotopic (exact) mass is 359 g/mol. The Morgan fingerprint density at radius 3 is 2.59 bits per heavy atom. The molecule has 0 amide bonds. The lowest BCUT2D eigenvalue weighted by molar-refractivity contribution is 0.0687. The normalized spacial score (nSPS) is 13.6. The van der Waals surface area contributed by atoms with Crippen LogP contribution in [0.2, 0.25) is 0 Å². The summed E-state index contributed by atoms with van der Waals surface area (Å²) in [5, 5.41) is 27.9. The van der Waals surface area contributed by atoms with Crippen molar-refractivity contribution in [3.8, 4) is 29.0 Å². The van der Waals surface area contributed by atoms with Crippen LogP contribution in [-0.4, -0.2) is 15.6 Å². The maximum absolute atomic E-state index is 11.6. The first-order valence-electron chi connectivity index (χ1n) is 8.45. The molecule has 1 heterocycles. The molecule has 1 aromatic carbocycles. The fourth-order valence-electron chi connectivity index (χ4n) is 3.09. The SMILES string of the molecule is Cn1cc(C#N)c(-c2ccc(OC3=CCCCC(C#N)=C3)cc2)c1C(=O)O. The predicted molar refractivity (Wildman–Crippen MR) is 98.8 cm³/mol. The van der Waals surface area contributed by atoms with Crippen molar-refractivity contribution in [1.82, 2.24) is 4.57 Å². The smallest absolute Gasteiger partial charge is 0.353 e. The van der Waals surface area contributed by atoms with E-state index in [1.165, 1.54) is 10.8 Å². The van der Waals surface area contributed by atoms with Gasteiger partial charge in [-0.2, -0.15) is 10.5 Å². The standard InChI is InChI=1S/C21H17N3O3/c1-24-13-16(12-23)19(20(24)21(25)26)15-6-8-17(9-7-15)27-18-5-3-2-4-14(10-18)11-22/h5-10,13H,2-4H2,1H3,(H,25,26). The zero-order valence-electron chi connectivity index (χ0n) is 14.8. The molecule has 1 N–H and O–H groups in total. The van der Waals surface area contributed by atoms with Gasteiger partial charge in [0.05, 0.1) is 11.6 Å². The van der Waals surface area contributed by atoms with Crippen molar-refractivity contribution in [2.75, 3.05) is 0 Å². The van der Waals surface area contributed by atoms with Crippen molar-refractivity contribution < 1.29 is 14.6 Å². The van der Waals surface area contributed by atoms with Gasteiger partial charge < -0.3 is 14.4 Å². The van der Waals surface area contributed by atoms with E-state index >= 15 is 0 Å². The fourth-order valence-corrected chi connectivity index (χ4v) is 3.09. The Morgan fingerprint density at radius 2 is 1.96 bits per heavy atom. The summed E-state index contributed by atoms with van der Waals surface area (Å²) in [6.45, 7) is 0. The number of aromatic carboxylic acids is 1. The Morgan fingerprint density at radius 1 is 1.22 bits per heavy atom. The second kappa shape index (κ2) is 7.63. The number of nitriles is 2. The lowest BCUT2D eigenvalue weighted by Crippen LogP contribution is -2.05. The fraction of sp³-hybridized carbons (Fsp3) is 0.190. The Bertz CT molecular complexity index is 1030. The van der Waals surface area contributed by atoms with Crippen molar-refractivity contribution >= 4 is 5.97 Å². The van der Waals surface area contributed by atoms with E-state index in [2.05, 4.69) is 6.07 Å². The van der Waals surface area contributed by atoms with Crippen molar-refractivity contribution in [3.05, 3.63) is 65.2 Å². The molecule has 0 aliphatic heterocycles. The average molecular weight is 359 g/mol. The van der Waals surface area contributed by atoms with Crippen molar-refractivity contribution in [3.63, 3.8) is 0 Å². The van der Waals surface area contributed by atoms with E-state index in [-0.39, 0.29) is 5.69 Å². The second-order valence-electron chi connectivity index (χ2n) is 6.20. The molecule has 1 aliphatic carbocycles.